The summed E-state index contributed by atoms with van der Waals surface area (Å²) in [6, 6.07) is 9.92. The van der Waals surface area contributed by atoms with E-state index in [9.17, 15) is 15.3 Å². The predicted molar refractivity (Wildman–Crippen MR) is 97.4 cm³/mol. The topological polar surface area (TPSA) is 100 Å². The van der Waals surface area contributed by atoms with Gasteiger partial charge in [0.05, 0.1) is 14.2 Å². The first-order valence-electron chi connectivity index (χ1n) is 8.28. The van der Waals surface area contributed by atoms with Crippen molar-refractivity contribution >= 4 is 0 Å². The molecule has 0 aliphatic carbocycles. The van der Waals surface area contributed by atoms with Crippen LogP contribution in [0.4, 0.5) is 0 Å². The smallest absolute Gasteiger partial charge is 0.161 e. The highest BCUT2D eigenvalue weighted by molar-refractivity contribution is 5.43. The van der Waals surface area contributed by atoms with Crippen molar-refractivity contribution in [1.29, 1.82) is 0 Å². The molecule has 4 N–H and O–H groups in total. The van der Waals surface area contributed by atoms with Crippen LogP contribution >= 0.6 is 0 Å². The summed E-state index contributed by atoms with van der Waals surface area (Å²) in [5, 5.41) is 31.7. The monoisotopic (exact) mass is 363 g/mol. The van der Waals surface area contributed by atoms with Crippen molar-refractivity contribution in [2.45, 2.75) is 12.5 Å². The van der Waals surface area contributed by atoms with Crippen LogP contribution < -0.4 is 19.5 Å². The molecule has 0 fully saturated rings. The van der Waals surface area contributed by atoms with Crippen LogP contribution in [0.25, 0.3) is 0 Å². The van der Waals surface area contributed by atoms with Crippen molar-refractivity contribution in [2.75, 3.05) is 33.9 Å². The number of aliphatic hydroxyl groups excluding tert-OH is 1. The van der Waals surface area contributed by atoms with Crippen LogP contribution in [0.15, 0.2) is 36.4 Å². The molecule has 0 aliphatic rings. The fourth-order valence-corrected chi connectivity index (χ4v) is 2.38. The van der Waals surface area contributed by atoms with E-state index >= 15 is 0 Å². The Morgan fingerprint density at radius 2 is 1.73 bits per heavy atom. The number of nitrogens with one attached hydrogen (secondary N) is 1. The maximum absolute atomic E-state index is 9.95. The maximum atomic E-state index is 9.95. The number of rotatable bonds is 10. The lowest BCUT2D eigenvalue weighted by molar-refractivity contribution is 0.106. The van der Waals surface area contributed by atoms with Gasteiger partial charge in [0, 0.05) is 12.6 Å². The molecule has 0 spiro atoms. The van der Waals surface area contributed by atoms with Gasteiger partial charge < -0.3 is 34.8 Å². The number of hydrogen-bond donors (Lipinski definition) is 4. The van der Waals surface area contributed by atoms with Crippen molar-refractivity contribution < 1.29 is 29.5 Å². The number of ether oxygens (including phenoxy) is 3. The summed E-state index contributed by atoms with van der Waals surface area (Å²) in [7, 11) is 3.20. The van der Waals surface area contributed by atoms with Crippen molar-refractivity contribution in [3.63, 3.8) is 0 Å². The average Bonchev–Trinajstić information content (AvgIpc) is 2.66. The van der Waals surface area contributed by atoms with Crippen LogP contribution in [-0.4, -0.2) is 55.3 Å². The van der Waals surface area contributed by atoms with E-state index in [-0.39, 0.29) is 18.1 Å². The maximum Gasteiger partial charge on any atom is 0.161 e. The third kappa shape index (κ3) is 5.72. The fourth-order valence-electron chi connectivity index (χ4n) is 2.38. The Hall–Kier alpha value is -2.64. The first-order chi connectivity index (χ1) is 12.5. The number of hydrogen-bond acceptors (Lipinski definition) is 7. The summed E-state index contributed by atoms with van der Waals surface area (Å²) in [5.74, 6) is 1.29. The van der Waals surface area contributed by atoms with Gasteiger partial charge in [-0.15, -0.1) is 0 Å². The lowest BCUT2D eigenvalue weighted by Crippen LogP contribution is -2.32. The first-order valence-corrected chi connectivity index (χ1v) is 8.28. The van der Waals surface area contributed by atoms with Gasteiger partial charge in [-0.05, 0) is 42.8 Å². The van der Waals surface area contributed by atoms with E-state index in [1.54, 1.807) is 14.2 Å². The summed E-state index contributed by atoms with van der Waals surface area (Å²) in [6.45, 7) is 1.14. The van der Waals surface area contributed by atoms with E-state index in [1.165, 1.54) is 18.2 Å². The van der Waals surface area contributed by atoms with Crippen molar-refractivity contribution in [2.24, 2.45) is 0 Å². The zero-order valence-electron chi connectivity index (χ0n) is 14.9. The average molecular weight is 363 g/mol. The van der Waals surface area contributed by atoms with Crippen LogP contribution in [0.3, 0.4) is 0 Å². The van der Waals surface area contributed by atoms with E-state index < -0.39 is 6.10 Å². The minimum atomic E-state index is -0.698. The Balaban J connectivity index is 1.69. The van der Waals surface area contributed by atoms with E-state index in [1.807, 2.05) is 18.2 Å². The second kappa shape index (κ2) is 9.74. The third-order valence-electron chi connectivity index (χ3n) is 3.81. The number of benzene rings is 2. The number of phenolic OH excluding ortho intramolecular Hbond substituents is 2. The van der Waals surface area contributed by atoms with Crippen molar-refractivity contribution in [1.82, 2.24) is 5.32 Å². The molecule has 7 nitrogen and oxygen atoms in total. The molecule has 0 unspecified atom stereocenters. The zero-order chi connectivity index (χ0) is 18.9. The molecule has 0 radical (unpaired) electrons. The second-order valence-electron chi connectivity index (χ2n) is 5.76. The lowest BCUT2D eigenvalue weighted by Gasteiger charge is -2.14. The van der Waals surface area contributed by atoms with Gasteiger partial charge in [0.2, 0.25) is 0 Å². The highest BCUT2D eigenvalue weighted by Crippen LogP contribution is 2.29. The van der Waals surface area contributed by atoms with Crippen LogP contribution in [0, 0.1) is 0 Å². The Kier molecular flexibility index (Phi) is 7.37. The summed E-state index contributed by atoms with van der Waals surface area (Å²) in [4.78, 5) is 0. The molecule has 26 heavy (non-hydrogen) atoms. The Morgan fingerprint density at radius 1 is 0.962 bits per heavy atom. The summed E-state index contributed by atoms with van der Waals surface area (Å²) < 4.78 is 15.9. The Morgan fingerprint density at radius 3 is 2.42 bits per heavy atom. The number of aliphatic hydroxyl groups is 1. The van der Waals surface area contributed by atoms with Gasteiger partial charge >= 0.3 is 0 Å². The molecular weight excluding hydrogens is 338 g/mol. The largest absolute Gasteiger partial charge is 0.504 e. The van der Waals surface area contributed by atoms with Gasteiger partial charge in [0.25, 0.3) is 0 Å². The van der Waals surface area contributed by atoms with E-state index in [0.29, 0.717) is 30.3 Å². The van der Waals surface area contributed by atoms with Crippen LogP contribution in [-0.2, 0) is 6.42 Å². The molecular formula is C19H25NO6. The number of aromatic hydroxyl groups is 2. The standard InChI is InChI=1S/C19H25NO6/c1-24-18-6-3-13(9-19(18)25-2)7-8-20-11-14(21)12-26-15-4-5-16(22)17(23)10-15/h3-6,9-10,14,20-23H,7-8,11-12H2,1-2H3/t14-/m0/s1. The molecule has 2 rings (SSSR count). The van der Waals surface area contributed by atoms with Crippen LogP contribution in [0.5, 0.6) is 28.7 Å². The number of methoxy groups -OCH3 is 2. The minimum Gasteiger partial charge on any atom is -0.504 e. The molecule has 0 aliphatic heterocycles. The molecule has 0 aromatic heterocycles. The minimum absolute atomic E-state index is 0.0770. The summed E-state index contributed by atoms with van der Waals surface area (Å²) in [5.41, 5.74) is 1.10. The van der Waals surface area contributed by atoms with Gasteiger partial charge in [-0.25, -0.2) is 0 Å². The second-order valence-corrected chi connectivity index (χ2v) is 5.76. The lowest BCUT2D eigenvalue weighted by atomic mass is 10.1. The molecule has 0 saturated carbocycles. The van der Waals surface area contributed by atoms with Gasteiger partial charge in [-0.3, -0.25) is 0 Å². The molecule has 0 saturated heterocycles. The van der Waals surface area contributed by atoms with Crippen molar-refractivity contribution in [3.8, 4) is 28.7 Å². The Labute approximate surface area is 152 Å². The molecule has 0 amide bonds. The molecule has 142 valence electrons. The molecule has 2 aromatic rings. The van der Waals surface area contributed by atoms with Gasteiger partial charge in [-0.1, -0.05) is 6.07 Å². The van der Waals surface area contributed by atoms with E-state index in [4.69, 9.17) is 14.2 Å². The normalized spacial score (nSPS) is 11.8. The summed E-state index contributed by atoms with van der Waals surface area (Å²) >= 11 is 0. The van der Waals surface area contributed by atoms with E-state index in [0.717, 1.165) is 12.0 Å². The van der Waals surface area contributed by atoms with Gasteiger partial charge in [0.1, 0.15) is 18.5 Å². The van der Waals surface area contributed by atoms with Crippen LogP contribution in [0.1, 0.15) is 5.56 Å². The number of phenols is 2. The molecule has 7 heteroatoms. The summed E-state index contributed by atoms with van der Waals surface area (Å²) in [6.07, 6.45) is 0.0797. The van der Waals surface area contributed by atoms with Gasteiger partial charge in [0.15, 0.2) is 23.0 Å². The molecule has 1 atom stereocenters. The Bertz CT molecular complexity index is 706. The third-order valence-corrected chi connectivity index (χ3v) is 3.81. The molecule has 2 aromatic carbocycles. The highest BCUT2D eigenvalue weighted by atomic mass is 16.5. The van der Waals surface area contributed by atoms with Crippen LogP contribution in [0.2, 0.25) is 0 Å². The highest BCUT2D eigenvalue weighted by Gasteiger charge is 2.08. The SMILES string of the molecule is COc1ccc(CCNC[C@H](O)COc2ccc(O)c(O)c2)cc1OC. The molecule has 0 heterocycles. The predicted octanol–water partition coefficient (Wildman–Crippen LogP) is 1.69. The van der Waals surface area contributed by atoms with Crippen molar-refractivity contribution in [3.05, 3.63) is 42.0 Å². The molecule has 0 bridgehead atoms. The van der Waals surface area contributed by atoms with Gasteiger partial charge in [-0.2, -0.15) is 0 Å². The zero-order valence-corrected chi connectivity index (χ0v) is 14.9. The van der Waals surface area contributed by atoms with E-state index in [2.05, 4.69) is 5.32 Å². The quantitative estimate of drug-likeness (QED) is 0.376. The fraction of sp³-hybridized carbons (Fsp3) is 0.368. The first kappa shape index (κ1) is 19.7.